The number of nitrogens with one attached hydrogen (secondary N) is 2. The Morgan fingerprint density at radius 1 is 1.26 bits per heavy atom. The highest BCUT2D eigenvalue weighted by Gasteiger charge is 2.54. The number of oxime groups is 1. The number of anilines is 1. The molecule has 1 aliphatic heterocycles. The standard InChI is InChI=1S/C19H20N6O11S3/c20-18-22-9(6-37-18)14(24-36-5-13(28)29)16(30)23-15-10(25(17(15)31)39(33,34)35)7-38-19(32)21-4-8-1-2-11(26)12(27)3-8/h1-3,6,10,15,26-27H,4-5,7H2,(H2,20,22)(H,21,32)(H,23,30)(H,28,29)(H,33,34,35)/b24-14-/t10-,15+/m1/s1. The number of rotatable bonds is 11. The maximum absolute atomic E-state index is 12.9. The number of phenols is 2. The zero-order valence-corrected chi connectivity index (χ0v) is 21.8. The van der Waals surface area contributed by atoms with Crippen LogP contribution in [0.25, 0.3) is 0 Å². The number of thiazole rings is 1. The van der Waals surface area contributed by atoms with Crippen LogP contribution < -0.4 is 16.4 Å². The first-order valence-corrected chi connectivity index (χ1v) is 13.7. The highest BCUT2D eigenvalue weighted by Crippen LogP contribution is 2.28. The molecule has 1 fully saturated rings. The van der Waals surface area contributed by atoms with Crippen molar-refractivity contribution in [3.8, 4) is 11.5 Å². The minimum Gasteiger partial charge on any atom is -0.504 e. The van der Waals surface area contributed by atoms with Gasteiger partial charge in [0.2, 0.25) is 6.61 Å². The van der Waals surface area contributed by atoms with E-state index in [9.17, 15) is 42.4 Å². The van der Waals surface area contributed by atoms with Gasteiger partial charge in [0.05, 0.1) is 6.04 Å². The van der Waals surface area contributed by atoms with E-state index in [1.807, 2.05) is 0 Å². The van der Waals surface area contributed by atoms with Crippen molar-refractivity contribution in [1.29, 1.82) is 0 Å². The lowest BCUT2D eigenvalue weighted by molar-refractivity contribution is -0.143. The van der Waals surface area contributed by atoms with Gasteiger partial charge in [-0.25, -0.2) is 14.1 Å². The van der Waals surface area contributed by atoms with Gasteiger partial charge in [0, 0.05) is 17.7 Å². The van der Waals surface area contributed by atoms with Gasteiger partial charge in [-0.3, -0.25) is 18.9 Å². The first-order chi connectivity index (χ1) is 18.3. The van der Waals surface area contributed by atoms with Crippen molar-refractivity contribution in [3.05, 3.63) is 34.8 Å². The Morgan fingerprint density at radius 3 is 2.56 bits per heavy atom. The van der Waals surface area contributed by atoms with Crippen LogP contribution in [0.4, 0.5) is 9.93 Å². The van der Waals surface area contributed by atoms with Crippen molar-refractivity contribution < 1.29 is 52.3 Å². The van der Waals surface area contributed by atoms with Gasteiger partial charge in [-0.2, -0.15) is 8.42 Å². The number of benzene rings is 1. The molecule has 0 spiro atoms. The van der Waals surface area contributed by atoms with Crippen molar-refractivity contribution in [2.75, 3.05) is 18.1 Å². The van der Waals surface area contributed by atoms with Crippen molar-refractivity contribution in [2.24, 2.45) is 5.16 Å². The molecule has 2 atom stereocenters. The lowest BCUT2D eigenvalue weighted by Gasteiger charge is -2.43. The number of nitrogens with zero attached hydrogens (tertiary/aromatic N) is 3. The number of amides is 3. The van der Waals surface area contributed by atoms with Gasteiger partial charge >= 0.3 is 16.3 Å². The number of thioether (sulfide) groups is 1. The quantitative estimate of drug-likeness (QED) is 0.0537. The largest absolute Gasteiger partial charge is 0.504 e. The van der Waals surface area contributed by atoms with E-state index in [4.69, 9.17) is 10.8 Å². The van der Waals surface area contributed by atoms with Crippen LogP contribution in [0.3, 0.4) is 0 Å². The fourth-order valence-electron chi connectivity index (χ4n) is 3.15. The lowest BCUT2D eigenvalue weighted by atomic mass is 10.0. The molecule has 2 heterocycles. The number of carbonyl (C=O) groups is 4. The van der Waals surface area contributed by atoms with Crippen LogP contribution in [-0.4, -0.2) is 90.8 Å². The Labute approximate surface area is 227 Å². The molecule has 39 heavy (non-hydrogen) atoms. The van der Waals surface area contributed by atoms with Crippen LogP contribution in [0, 0.1) is 0 Å². The van der Waals surface area contributed by atoms with E-state index in [0.29, 0.717) is 17.3 Å². The molecule has 17 nitrogen and oxygen atoms in total. The van der Waals surface area contributed by atoms with Crippen LogP contribution in [0.15, 0.2) is 28.7 Å². The minimum atomic E-state index is -5.05. The fraction of sp³-hybridized carbons (Fsp3) is 0.263. The molecular weight excluding hydrogens is 584 g/mol. The number of β-lactam (4-membered cyclic amide) rings is 1. The zero-order chi connectivity index (χ0) is 28.9. The van der Waals surface area contributed by atoms with E-state index in [-0.39, 0.29) is 27.4 Å². The number of aromatic hydroxyl groups is 2. The summed E-state index contributed by atoms with van der Waals surface area (Å²) in [6.45, 7) is -0.980. The van der Waals surface area contributed by atoms with E-state index in [2.05, 4.69) is 25.6 Å². The summed E-state index contributed by atoms with van der Waals surface area (Å²) in [6.07, 6.45) is 0. The Morgan fingerprint density at radius 2 is 1.97 bits per heavy atom. The summed E-state index contributed by atoms with van der Waals surface area (Å²) in [7, 11) is -5.05. The molecule has 1 aromatic carbocycles. The Hall–Kier alpha value is -4.14. The van der Waals surface area contributed by atoms with Gasteiger partial charge in [0.15, 0.2) is 22.3 Å². The highest BCUT2D eigenvalue weighted by molar-refractivity contribution is 8.13. The first kappa shape index (κ1) is 29.4. The van der Waals surface area contributed by atoms with Gasteiger partial charge in [0.25, 0.3) is 17.1 Å². The minimum absolute atomic E-state index is 0.0313. The van der Waals surface area contributed by atoms with E-state index in [1.54, 1.807) is 0 Å². The summed E-state index contributed by atoms with van der Waals surface area (Å²) in [5, 5.41) is 36.4. The number of hydrogen-bond acceptors (Lipinski definition) is 14. The third-order valence-electron chi connectivity index (χ3n) is 4.89. The van der Waals surface area contributed by atoms with Gasteiger partial charge in [-0.15, -0.1) is 11.3 Å². The maximum Gasteiger partial charge on any atom is 0.362 e. The predicted molar refractivity (Wildman–Crippen MR) is 135 cm³/mol. The summed E-state index contributed by atoms with van der Waals surface area (Å²) < 4.78 is 33.0. The van der Waals surface area contributed by atoms with Gasteiger partial charge in [0.1, 0.15) is 11.7 Å². The van der Waals surface area contributed by atoms with E-state index < -0.39 is 69.2 Å². The molecule has 0 saturated carbocycles. The van der Waals surface area contributed by atoms with Crippen LogP contribution in [0.5, 0.6) is 11.5 Å². The summed E-state index contributed by atoms with van der Waals surface area (Å²) in [5.74, 6) is -4.86. The molecule has 8 N–H and O–H groups in total. The number of aromatic nitrogens is 1. The number of nitrogen functional groups attached to an aromatic ring is 1. The second-order valence-electron chi connectivity index (χ2n) is 7.58. The number of hydrogen-bond donors (Lipinski definition) is 7. The summed E-state index contributed by atoms with van der Waals surface area (Å²) in [6, 6.07) is 0.934. The summed E-state index contributed by atoms with van der Waals surface area (Å²) >= 11 is 1.46. The topological polar surface area (TPSA) is 271 Å². The molecular formula is C19H20N6O11S3. The number of phenolic OH excluding ortho intramolecular Hbond substituents is 2. The molecule has 0 bridgehead atoms. The van der Waals surface area contributed by atoms with Gasteiger partial charge in [-0.05, 0) is 17.7 Å². The van der Waals surface area contributed by atoms with Crippen LogP contribution in [-0.2, 0) is 36.1 Å². The smallest absolute Gasteiger partial charge is 0.362 e. The van der Waals surface area contributed by atoms with Gasteiger partial charge < -0.3 is 36.5 Å². The highest BCUT2D eigenvalue weighted by atomic mass is 32.2. The van der Waals surface area contributed by atoms with Crippen molar-refractivity contribution in [2.45, 2.75) is 18.6 Å². The molecule has 1 saturated heterocycles. The number of carbonyl (C=O) groups excluding carboxylic acids is 3. The third kappa shape index (κ3) is 7.46. The molecule has 0 unspecified atom stereocenters. The van der Waals surface area contributed by atoms with E-state index >= 15 is 0 Å². The second kappa shape index (κ2) is 12.1. The predicted octanol–water partition coefficient (Wildman–Crippen LogP) is -0.917. The Bertz CT molecular complexity index is 1430. The molecule has 210 valence electrons. The normalized spacial score (nSPS) is 17.3. The molecule has 0 aliphatic carbocycles. The molecule has 20 heteroatoms. The molecule has 2 aromatic rings. The number of aliphatic carboxylic acids is 1. The lowest BCUT2D eigenvalue weighted by Crippen LogP contribution is -2.73. The van der Waals surface area contributed by atoms with Crippen LogP contribution in [0.1, 0.15) is 11.3 Å². The number of carboxylic acids is 1. The molecule has 3 amide bonds. The van der Waals surface area contributed by atoms with Crippen LogP contribution >= 0.6 is 23.1 Å². The van der Waals surface area contributed by atoms with Crippen molar-refractivity contribution >= 4 is 67.3 Å². The molecule has 1 aliphatic rings. The third-order valence-corrected chi connectivity index (χ3v) is 7.43. The van der Waals surface area contributed by atoms with E-state index in [0.717, 1.165) is 11.3 Å². The van der Waals surface area contributed by atoms with Crippen LogP contribution in [0.2, 0.25) is 0 Å². The number of nitrogens with two attached hydrogens (primary N) is 1. The zero-order valence-electron chi connectivity index (χ0n) is 19.4. The molecule has 3 rings (SSSR count). The SMILES string of the molecule is Nc1nc(/C(=N/OCC(=O)O)C(=O)N[C@@H]2C(=O)N(S(=O)(=O)O)[C@@H]2CSC(=O)NCc2ccc(O)c(O)c2)cs1. The van der Waals surface area contributed by atoms with Crippen molar-refractivity contribution in [1.82, 2.24) is 19.9 Å². The summed E-state index contributed by atoms with van der Waals surface area (Å²) in [5.41, 5.74) is 5.30. The average Bonchev–Trinajstić information content (AvgIpc) is 3.27. The average molecular weight is 605 g/mol. The molecule has 0 radical (unpaired) electrons. The maximum atomic E-state index is 12.9. The fourth-order valence-corrected chi connectivity index (χ4v) is 5.51. The summed E-state index contributed by atoms with van der Waals surface area (Å²) in [4.78, 5) is 56.8. The first-order valence-electron chi connectivity index (χ1n) is 10.4. The Kier molecular flexibility index (Phi) is 9.16. The van der Waals surface area contributed by atoms with Gasteiger partial charge in [-0.1, -0.05) is 23.0 Å². The number of carboxylic acid groups (broad SMARTS) is 1. The Balaban J connectivity index is 1.70. The second-order valence-corrected chi connectivity index (χ2v) is 10.8. The van der Waals surface area contributed by atoms with E-state index in [1.165, 1.54) is 23.6 Å². The van der Waals surface area contributed by atoms with Crippen molar-refractivity contribution in [3.63, 3.8) is 0 Å². The molecule has 1 aromatic heterocycles. The monoisotopic (exact) mass is 604 g/mol.